The van der Waals surface area contributed by atoms with Crippen LogP contribution in [-0.2, 0) is 18.7 Å². The molecule has 0 bridgehead atoms. The van der Waals surface area contributed by atoms with E-state index in [-0.39, 0.29) is 5.56 Å². The van der Waals surface area contributed by atoms with E-state index in [0.717, 1.165) is 54.3 Å². The minimum Gasteiger partial charge on any atom is -0.420 e. The van der Waals surface area contributed by atoms with Crippen molar-refractivity contribution in [1.82, 2.24) is 29.5 Å². The molecule has 1 aromatic heterocycles. The van der Waals surface area contributed by atoms with Crippen LogP contribution >= 0.6 is 11.8 Å². The van der Waals surface area contributed by atoms with Crippen molar-refractivity contribution in [2.45, 2.75) is 43.1 Å². The molecule has 3 aromatic rings. The Balaban J connectivity index is 1.37. The number of aromatic nitrogens is 6. The van der Waals surface area contributed by atoms with Gasteiger partial charge in [-0.2, -0.15) is 4.68 Å². The standard InChI is InChI=1S/C25H22N6O2S/c32-24-21-19-14-8-3-9-15-30(19)25(26-22(21)29-31(24)18-12-6-2-7-13-18)34-16-20-27-28-23(33-20)17-10-4-1-5-11-17/h1-2,4-7,10-13H,3,8-9,14-16H2. The van der Waals surface area contributed by atoms with Gasteiger partial charge in [0.2, 0.25) is 11.8 Å². The zero-order valence-electron chi connectivity index (χ0n) is 18.4. The molecular weight excluding hydrogens is 448 g/mol. The van der Waals surface area contributed by atoms with Crippen LogP contribution < -0.4 is 5.56 Å². The number of para-hydroxylation sites is 1. The Kier molecular flexibility index (Phi) is 5.46. The summed E-state index contributed by atoms with van der Waals surface area (Å²) >= 11 is 1.54. The van der Waals surface area contributed by atoms with Gasteiger partial charge < -0.3 is 8.98 Å². The van der Waals surface area contributed by atoms with Crippen molar-refractivity contribution in [3.8, 4) is 28.5 Å². The summed E-state index contributed by atoms with van der Waals surface area (Å²) in [6.45, 7) is 0.829. The van der Waals surface area contributed by atoms with Crippen molar-refractivity contribution in [2.75, 3.05) is 0 Å². The average molecular weight is 471 g/mol. The van der Waals surface area contributed by atoms with E-state index in [4.69, 9.17) is 9.40 Å². The van der Waals surface area contributed by atoms with Gasteiger partial charge in [-0.25, -0.2) is 4.98 Å². The third kappa shape index (κ3) is 3.81. The van der Waals surface area contributed by atoms with Gasteiger partial charge in [-0.3, -0.25) is 4.79 Å². The Hall–Kier alpha value is -3.72. The fraction of sp³-hybridized carbons (Fsp3) is 0.240. The van der Waals surface area contributed by atoms with Crippen molar-refractivity contribution >= 4 is 11.8 Å². The van der Waals surface area contributed by atoms with Gasteiger partial charge in [0, 0.05) is 17.8 Å². The first-order valence-corrected chi connectivity index (χ1v) is 12.3. The molecule has 0 unspecified atom stereocenters. The van der Waals surface area contributed by atoms with Gasteiger partial charge in [-0.15, -0.1) is 15.3 Å². The molecule has 0 atom stereocenters. The first-order valence-electron chi connectivity index (χ1n) is 11.4. The van der Waals surface area contributed by atoms with Crippen LogP contribution in [0.2, 0.25) is 0 Å². The molecule has 0 N–H and O–H groups in total. The molecule has 4 heterocycles. The molecule has 0 radical (unpaired) electrons. The van der Waals surface area contributed by atoms with E-state index in [0.29, 0.717) is 28.9 Å². The molecule has 3 aliphatic heterocycles. The number of hydrogen-bond donors (Lipinski definition) is 0. The topological polar surface area (TPSA) is 91.6 Å². The van der Waals surface area contributed by atoms with Crippen LogP contribution in [0.25, 0.3) is 28.5 Å². The molecule has 9 heteroatoms. The summed E-state index contributed by atoms with van der Waals surface area (Å²) in [4.78, 5) is 18.2. The molecule has 34 heavy (non-hydrogen) atoms. The molecule has 0 fully saturated rings. The lowest BCUT2D eigenvalue weighted by Gasteiger charge is -2.17. The summed E-state index contributed by atoms with van der Waals surface area (Å²) in [5, 5.41) is 13.8. The summed E-state index contributed by atoms with van der Waals surface area (Å²) in [5.74, 6) is 2.01. The fourth-order valence-corrected chi connectivity index (χ4v) is 5.22. The molecular formula is C25H22N6O2S. The van der Waals surface area contributed by atoms with Crippen LogP contribution in [0.5, 0.6) is 0 Å². The monoisotopic (exact) mass is 470 g/mol. The second-order valence-corrected chi connectivity index (χ2v) is 9.15. The summed E-state index contributed by atoms with van der Waals surface area (Å²) < 4.78 is 9.53. The Morgan fingerprint density at radius 2 is 1.74 bits per heavy atom. The van der Waals surface area contributed by atoms with E-state index in [2.05, 4.69) is 19.9 Å². The van der Waals surface area contributed by atoms with E-state index in [1.54, 1.807) is 0 Å². The maximum Gasteiger partial charge on any atom is 0.284 e. The summed E-state index contributed by atoms with van der Waals surface area (Å²) in [7, 11) is 0. The number of benzene rings is 2. The molecule has 170 valence electrons. The zero-order chi connectivity index (χ0) is 22.9. The summed E-state index contributed by atoms with van der Waals surface area (Å²) in [5.41, 5.74) is 3.17. The maximum atomic E-state index is 13.3. The Labute approximate surface area is 200 Å². The number of hydrogen-bond acceptors (Lipinski definition) is 7. The van der Waals surface area contributed by atoms with Gasteiger partial charge >= 0.3 is 0 Å². The molecule has 0 amide bonds. The maximum absolute atomic E-state index is 13.3. The highest BCUT2D eigenvalue weighted by atomic mass is 32.2. The van der Waals surface area contributed by atoms with Crippen LogP contribution in [-0.4, -0.2) is 29.5 Å². The highest BCUT2D eigenvalue weighted by molar-refractivity contribution is 7.98. The predicted molar refractivity (Wildman–Crippen MR) is 129 cm³/mol. The van der Waals surface area contributed by atoms with Crippen LogP contribution in [0.1, 0.15) is 30.8 Å². The highest BCUT2D eigenvalue weighted by Crippen LogP contribution is 2.32. The van der Waals surface area contributed by atoms with Gasteiger partial charge in [0.25, 0.3) is 5.56 Å². The minimum absolute atomic E-state index is 0.111. The van der Waals surface area contributed by atoms with Gasteiger partial charge in [0.1, 0.15) is 5.56 Å². The van der Waals surface area contributed by atoms with Gasteiger partial charge in [0.05, 0.1) is 11.4 Å². The predicted octanol–water partition coefficient (Wildman–Crippen LogP) is 4.60. The third-order valence-electron chi connectivity index (χ3n) is 5.98. The van der Waals surface area contributed by atoms with Crippen LogP contribution in [0.3, 0.4) is 0 Å². The lowest BCUT2D eigenvalue weighted by molar-refractivity contribution is 0.527. The second kappa shape index (κ2) is 8.90. The van der Waals surface area contributed by atoms with E-state index >= 15 is 0 Å². The van der Waals surface area contributed by atoms with Crippen LogP contribution in [0.4, 0.5) is 0 Å². The molecule has 2 aromatic carbocycles. The van der Waals surface area contributed by atoms with E-state index in [1.807, 2.05) is 60.7 Å². The zero-order valence-corrected chi connectivity index (χ0v) is 19.2. The van der Waals surface area contributed by atoms with Crippen molar-refractivity contribution < 1.29 is 4.42 Å². The van der Waals surface area contributed by atoms with Gasteiger partial charge in [-0.05, 0) is 43.5 Å². The Bertz CT molecular complexity index is 1460. The normalized spacial score (nSPS) is 13.6. The summed E-state index contributed by atoms with van der Waals surface area (Å²) in [6, 6.07) is 19.2. The lowest BCUT2D eigenvalue weighted by atomic mass is 10.1. The lowest BCUT2D eigenvalue weighted by Crippen LogP contribution is -2.19. The number of thioether (sulfide) groups is 1. The highest BCUT2D eigenvalue weighted by Gasteiger charge is 2.27. The number of nitrogens with zero attached hydrogens (tertiary/aromatic N) is 6. The van der Waals surface area contributed by atoms with E-state index in [1.165, 1.54) is 16.4 Å². The van der Waals surface area contributed by atoms with Crippen molar-refractivity contribution in [1.29, 1.82) is 0 Å². The summed E-state index contributed by atoms with van der Waals surface area (Å²) in [6.07, 6.45) is 4.06. The molecule has 0 saturated carbocycles. The van der Waals surface area contributed by atoms with E-state index in [9.17, 15) is 4.79 Å². The fourth-order valence-electron chi connectivity index (χ4n) is 4.34. The molecule has 8 nitrogen and oxygen atoms in total. The minimum atomic E-state index is -0.111. The quantitative estimate of drug-likeness (QED) is 0.274. The Morgan fingerprint density at radius 3 is 2.56 bits per heavy atom. The first kappa shape index (κ1) is 20.9. The average Bonchev–Trinajstić information content (AvgIpc) is 3.40. The van der Waals surface area contributed by atoms with Crippen LogP contribution in [0, 0.1) is 0 Å². The first-order chi connectivity index (χ1) is 16.8. The van der Waals surface area contributed by atoms with Gasteiger partial charge in [-0.1, -0.05) is 54.6 Å². The number of rotatable bonds is 5. The van der Waals surface area contributed by atoms with E-state index < -0.39 is 0 Å². The van der Waals surface area contributed by atoms with Gasteiger partial charge in [0.15, 0.2) is 11.0 Å². The third-order valence-corrected chi connectivity index (χ3v) is 6.94. The molecule has 0 saturated heterocycles. The van der Waals surface area contributed by atoms with Crippen molar-refractivity contribution in [3.05, 3.63) is 82.6 Å². The smallest absolute Gasteiger partial charge is 0.284 e. The molecule has 3 aliphatic rings. The Morgan fingerprint density at radius 1 is 0.941 bits per heavy atom. The molecule has 0 spiro atoms. The van der Waals surface area contributed by atoms with Crippen LogP contribution in [0.15, 0.2) is 75.0 Å². The second-order valence-electron chi connectivity index (χ2n) is 8.21. The molecule has 0 aliphatic carbocycles. The number of fused-ring (bicyclic) bond motifs is 3. The van der Waals surface area contributed by atoms with Crippen molar-refractivity contribution in [3.63, 3.8) is 0 Å². The molecule has 6 rings (SSSR count). The van der Waals surface area contributed by atoms with Crippen molar-refractivity contribution in [2.24, 2.45) is 0 Å². The SMILES string of the molecule is O=c1c2c3n(c(SCc4nnc(-c5ccccc5)o4)nc-2nn1-c1ccccc1)CCCCC3. The largest absolute Gasteiger partial charge is 0.420 e.